The Morgan fingerprint density at radius 1 is 0.400 bits per heavy atom. The zero-order chi connectivity index (χ0) is 29.5. The van der Waals surface area contributed by atoms with Gasteiger partial charge in [-0.2, -0.15) is 0 Å². The van der Waals surface area contributed by atoms with Crippen LogP contribution >= 0.6 is 0 Å². The predicted molar refractivity (Wildman–Crippen MR) is 187 cm³/mol. The van der Waals surface area contributed by atoms with Gasteiger partial charge in [-0.05, 0) is 75.5 Å². The van der Waals surface area contributed by atoms with E-state index < -0.39 is 0 Å². The summed E-state index contributed by atoms with van der Waals surface area (Å²) < 4.78 is 2.40. The second-order valence-electron chi connectivity index (χ2n) is 11.8. The van der Waals surface area contributed by atoms with Gasteiger partial charge < -0.3 is 4.57 Å². The second kappa shape index (κ2) is 9.22. The van der Waals surface area contributed by atoms with E-state index in [0.717, 1.165) is 39.2 Å². The van der Waals surface area contributed by atoms with Crippen LogP contribution in [0.1, 0.15) is 0 Å². The largest absolute Gasteiger partial charge is 0.309 e. The highest BCUT2D eigenvalue weighted by Crippen LogP contribution is 2.49. The van der Waals surface area contributed by atoms with Gasteiger partial charge in [0, 0.05) is 33.0 Å². The van der Waals surface area contributed by atoms with Crippen LogP contribution in [0.5, 0.6) is 0 Å². The lowest BCUT2D eigenvalue weighted by Gasteiger charge is -2.13. The average Bonchev–Trinajstić information content (AvgIpc) is 3.64. The lowest BCUT2D eigenvalue weighted by atomic mass is 10.0. The summed E-state index contributed by atoms with van der Waals surface area (Å²) in [6.45, 7) is 0. The zero-order valence-corrected chi connectivity index (χ0v) is 24.3. The highest BCUT2D eigenvalue weighted by molar-refractivity contribution is 6.33. The number of hydrogen-bond acceptors (Lipinski definition) is 2. The van der Waals surface area contributed by atoms with Crippen LogP contribution in [-0.4, -0.2) is 14.5 Å². The lowest BCUT2D eigenvalue weighted by Crippen LogP contribution is -1.97. The van der Waals surface area contributed by atoms with Crippen molar-refractivity contribution in [3.63, 3.8) is 0 Å². The SMILES string of the molecule is c1ccc(-c2ccc(-c3nc(-c4ccc(-n5c6cccc7c6c6c8c-7cccc8ccc65)cc4)nc4ccccc34)cc2)cc1. The first-order valence-electron chi connectivity index (χ1n) is 15.3. The van der Waals surface area contributed by atoms with Gasteiger partial charge in [0.25, 0.3) is 0 Å². The quantitative estimate of drug-likeness (QED) is 0.210. The van der Waals surface area contributed by atoms with Gasteiger partial charge in [-0.3, -0.25) is 0 Å². The third kappa shape index (κ3) is 3.52. The fraction of sp³-hybridized carbons (Fsp3) is 0. The fourth-order valence-corrected chi connectivity index (χ4v) is 7.29. The Hall–Kier alpha value is -6.06. The van der Waals surface area contributed by atoms with E-state index in [4.69, 9.17) is 9.97 Å². The highest BCUT2D eigenvalue weighted by Gasteiger charge is 2.24. The molecule has 0 radical (unpaired) electrons. The van der Waals surface area contributed by atoms with Crippen LogP contribution in [0.15, 0.2) is 152 Å². The number of hydrogen-bond donors (Lipinski definition) is 0. The maximum Gasteiger partial charge on any atom is 0.160 e. The summed E-state index contributed by atoms with van der Waals surface area (Å²) in [7, 11) is 0. The molecule has 0 aliphatic heterocycles. The van der Waals surface area contributed by atoms with Crippen molar-refractivity contribution in [2.75, 3.05) is 0 Å². The van der Waals surface area contributed by atoms with E-state index in [2.05, 4.69) is 144 Å². The monoisotopic (exact) mass is 571 g/mol. The standard InChI is InChI=1S/C42H25N3/c1-2-8-26(9-3-1)27-16-18-29(19-17-27)41-34-11-4-5-14-35(34)43-42(44-41)30-20-23-31(24-21-30)45-36-15-7-13-33-32-12-6-10-28-22-25-37(45)40(38(28)32)39(33)36/h1-25H. The number of benzene rings is 7. The zero-order valence-electron chi connectivity index (χ0n) is 24.3. The normalized spacial score (nSPS) is 12.0. The number of fused-ring (bicyclic) bond motifs is 2. The third-order valence-corrected chi connectivity index (χ3v) is 9.34. The van der Waals surface area contributed by atoms with Crippen molar-refractivity contribution in [3.8, 4) is 50.6 Å². The summed E-state index contributed by atoms with van der Waals surface area (Å²) in [6, 6.07) is 54.0. The first kappa shape index (κ1) is 24.4. The Kier molecular flexibility index (Phi) is 5.00. The molecule has 1 aliphatic rings. The number of rotatable bonds is 4. The maximum absolute atomic E-state index is 5.16. The third-order valence-electron chi connectivity index (χ3n) is 9.34. The van der Waals surface area contributed by atoms with Crippen LogP contribution in [0, 0.1) is 0 Å². The van der Waals surface area contributed by atoms with Gasteiger partial charge in [-0.15, -0.1) is 0 Å². The number of aromatic nitrogens is 3. The fourth-order valence-electron chi connectivity index (χ4n) is 7.29. The molecule has 9 aromatic rings. The van der Waals surface area contributed by atoms with Gasteiger partial charge in [0.2, 0.25) is 0 Å². The molecule has 208 valence electrons. The number of para-hydroxylation sites is 1. The summed E-state index contributed by atoms with van der Waals surface area (Å²) in [6.07, 6.45) is 0. The highest BCUT2D eigenvalue weighted by atomic mass is 15.0. The Bertz CT molecular complexity index is 2610. The summed E-state index contributed by atoms with van der Waals surface area (Å²) >= 11 is 0. The molecule has 45 heavy (non-hydrogen) atoms. The van der Waals surface area contributed by atoms with E-state index >= 15 is 0 Å². The molecule has 0 unspecified atom stereocenters. The van der Waals surface area contributed by atoms with Crippen molar-refractivity contribution in [1.29, 1.82) is 0 Å². The minimum Gasteiger partial charge on any atom is -0.309 e. The van der Waals surface area contributed by atoms with Crippen LogP contribution in [0.4, 0.5) is 0 Å². The van der Waals surface area contributed by atoms with Gasteiger partial charge in [-0.1, -0.05) is 109 Å². The van der Waals surface area contributed by atoms with E-state index in [1.54, 1.807) is 0 Å². The van der Waals surface area contributed by atoms with Crippen LogP contribution in [0.2, 0.25) is 0 Å². The van der Waals surface area contributed by atoms with Crippen LogP contribution in [-0.2, 0) is 0 Å². The molecule has 0 atom stereocenters. The summed E-state index contributed by atoms with van der Waals surface area (Å²) in [5.41, 5.74) is 12.6. The molecule has 3 heteroatoms. The topological polar surface area (TPSA) is 30.7 Å². The van der Waals surface area contributed by atoms with E-state index in [1.165, 1.54) is 54.8 Å². The van der Waals surface area contributed by atoms with Crippen molar-refractivity contribution in [2.45, 2.75) is 0 Å². The molecule has 2 heterocycles. The van der Waals surface area contributed by atoms with Crippen molar-refractivity contribution < 1.29 is 0 Å². The van der Waals surface area contributed by atoms with E-state index in [9.17, 15) is 0 Å². The summed E-state index contributed by atoms with van der Waals surface area (Å²) in [4.78, 5) is 10.2. The average molecular weight is 572 g/mol. The first-order chi connectivity index (χ1) is 22.3. The molecule has 10 rings (SSSR count). The molecule has 2 aromatic heterocycles. The van der Waals surface area contributed by atoms with Gasteiger partial charge in [0.05, 0.1) is 22.2 Å². The Balaban J connectivity index is 1.09. The Morgan fingerprint density at radius 3 is 1.91 bits per heavy atom. The molecule has 0 saturated carbocycles. The molecule has 7 aromatic carbocycles. The van der Waals surface area contributed by atoms with Crippen LogP contribution in [0.25, 0.3) is 94.1 Å². The van der Waals surface area contributed by atoms with Gasteiger partial charge in [0.1, 0.15) is 0 Å². The van der Waals surface area contributed by atoms with E-state index in [0.29, 0.717) is 0 Å². The summed E-state index contributed by atoms with van der Waals surface area (Å²) in [5, 5.41) is 6.42. The molecular formula is C42H25N3. The maximum atomic E-state index is 5.16. The van der Waals surface area contributed by atoms with Gasteiger partial charge >= 0.3 is 0 Å². The van der Waals surface area contributed by atoms with Crippen molar-refractivity contribution in [2.24, 2.45) is 0 Å². The molecule has 0 amide bonds. The minimum atomic E-state index is 0.726. The van der Waals surface area contributed by atoms with E-state index in [-0.39, 0.29) is 0 Å². The first-order valence-corrected chi connectivity index (χ1v) is 15.3. The molecule has 0 bridgehead atoms. The lowest BCUT2D eigenvalue weighted by molar-refractivity contribution is 1.17. The van der Waals surface area contributed by atoms with Crippen molar-refractivity contribution >= 4 is 43.5 Å². The Labute approximate surface area is 259 Å². The van der Waals surface area contributed by atoms with E-state index in [1.807, 2.05) is 12.1 Å². The molecular weight excluding hydrogens is 546 g/mol. The second-order valence-corrected chi connectivity index (χ2v) is 11.8. The molecule has 1 aliphatic carbocycles. The molecule has 0 saturated heterocycles. The van der Waals surface area contributed by atoms with Gasteiger partial charge in [-0.25, -0.2) is 9.97 Å². The summed E-state index contributed by atoms with van der Waals surface area (Å²) in [5.74, 6) is 0.726. The minimum absolute atomic E-state index is 0.726. The van der Waals surface area contributed by atoms with Crippen LogP contribution < -0.4 is 0 Å². The molecule has 0 fully saturated rings. The smallest absolute Gasteiger partial charge is 0.160 e. The van der Waals surface area contributed by atoms with Gasteiger partial charge in [0.15, 0.2) is 5.82 Å². The predicted octanol–water partition coefficient (Wildman–Crippen LogP) is 10.9. The number of nitrogens with zero attached hydrogens (tertiary/aromatic N) is 3. The van der Waals surface area contributed by atoms with Crippen molar-refractivity contribution in [3.05, 3.63) is 152 Å². The van der Waals surface area contributed by atoms with Crippen LogP contribution in [0.3, 0.4) is 0 Å². The van der Waals surface area contributed by atoms with Crippen molar-refractivity contribution in [1.82, 2.24) is 14.5 Å². The molecule has 0 N–H and O–H groups in total. The molecule has 0 spiro atoms. The molecule has 3 nitrogen and oxygen atoms in total. The Morgan fingerprint density at radius 2 is 1.07 bits per heavy atom.